The van der Waals surface area contributed by atoms with Crippen molar-refractivity contribution in [2.24, 2.45) is 0 Å². The number of rotatable bonds is 5. The van der Waals surface area contributed by atoms with Crippen LogP contribution in [0.15, 0.2) is 36.7 Å². The molecule has 1 spiro atoms. The molecule has 0 saturated carbocycles. The van der Waals surface area contributed by atoms with E-state index in [0.29, 0.717) is 44.3 Å². The zero-order chi connectivity index (χ0) is 23.6. The molecule has 8 nitrogen and oxygen atoms in total. The summed E-state index contributed by atoms with van der Waals surface area (Å²) < 4.78 is 11.9. The maximum absolute atomic E-state index is 13.2. The maximum atomic E-state index is 13.2. The second kappa shape index (κ2) is 9.37. The smallest absolute Gasteiger partial charge is 0.253 e. The minimum atomic E-state index is -0.936. The average Bonchev–Trinajstić information content (AvgIpc) is 2.79. The van der Waals surface area contributed by atoms with Crippen LogP contribution >= 0.6 is 0 Å². The number of carbonyl (C=O) groups excluding carboxylic acids is 1. The third-order valence-electron chi connectivity index (χ3n) is 6.60. The molecule has 1 unspecified atom stereocenters. The van der Waals surface area contributed by atoms with Gasteiger partial charge in [0.2, 0.25) is 5.95 Å². The summed E-state index contributed by atoms with van der Waals surface area (Å²) in [7, 11) is 1.68. The third-order valence-corrected chi connectivity index (χ3v) is 6.60. The molecule has 180 valence electrons. The van der Waals surface area contributed by atoms with Crippen LogP contribution in [0.4, 0.5) is 5.95 Å². The number of likely N-dealkylation sites (tertiary alicyclic amines) is 1. The van der Waals surface area contributed by atoms with Crippen LogP contribution in [0.3, 0.4) is 0 Å². The molecule has 1 amide bonds. The van der Waals surface area contributed by atoms with Gasteiger partial charge in [0.25, 0.3) is 5.91 Å². The number of morpholine rings is 1. The third kappa shape index (κ3) is 5.18. The molecule has 0 aliphatic carbocycles. The Kier molecular flexibility index (Phi) is 6.70. The van der Waals surface area contributed by atoms with Gasteiger partial charge in [-0.1, -0.05) is 6.07 Å². The minimum absolute atomic E-state index is 0. The number of methoxy groups -OCH3 is 1. The zero-order valence-electron chi connectivity index (χ0n) is 20.0. The Labute approximate surface area is 197 Å². The van der Waals surface area contributed by atoms with Crippen molar-refractivity contribution in [1.29, 1.82) is 0 Å². The number of aliphatic hydroxyl groups is 1. The summed E-state index contributed by atoms with van der Waals surface area (Å²) in [5.41, 5.74) is 1.10. The molecule has 8 heteroatoms. The number of anilines is 1. The van der Waals surface area contributed by atoms with Crippen molar-refractivity contribution in [3.05, 3.63) is 53.3 Å². The predicted molar refractivity (Wildman–Crippen MR) is 127 cm³/mol. The van der Waals surface area contributed by atoms with Crippen molar-refractivity contribution in [3.63, 3.8) is 0 Å². The number of ether oxygens (including phenoxy) is 2. The normalized spacial score (nSPS) is 20.8. The van der Waals surface area contributed by atoms with Crippen LogP contribution in [0.25, 0.3) is 0 Å². The number of amides is 1. The highest BCUT2D eigenvalue weighted by molar-refractivity contribution is 5.94. The maximum Gasteiger partial charge on any atom is 0.253 e. The first-order valence-corrected chi connectivity index (χ1v) is 11.5. The summed E-state index contributed by atoms with van der Waals surface area (Å²) in [6.45, 7) is 8.55. The lowest BCUT2D eigenvalue weighted by atomic mass is 9.88. The Morgan fingerprint density at radius 3 is 2.61 bits per heavy atom. The van der Waals surface area contributed by atoms with Gasteiger partial charge in [0, 0.05) is 46.1 Å². The quantitative estimate of drug-likeness (QED) is 0.740. The van der Waals surface area contributed by atoms with Crippen LogP contribution in [0.2, 0.25) is 0 Å². The first-order chi connectivity index (χ1) is 15.7. The van der Waals surface area contributed by atoms with Crippen LogP contribution in [-0.2, 0) is 15.1 Å². The highest BCUT2D eigenvalue weighted by atomic mass is 16.5. The van der Waals surface area contributed by atoms with E-state index in [1.165, 1.54) is 0 Å². The summed E-state index contributed by atoms with van der Waals surface area (Å²) in [5.74, 6) is 0.713. The van der Waals surface area contributed by atoms with Crippen molar-refractivity contribution in [1.82, 2.24) is 14.9 Å². The molecule has 1 aromatic heterocycles. The largest absolute Gasteiger partial charge is 0.386 e. The fourth-order valence-electron chi connectivity index (χ4n) is 5.02. The molecule has 1 atom stereocenters. The topological polar surface area (TPSA) is 88.0 Å². The van der Waals surface area contributed by atoms with Crippen molar-refractivity contribution in [3.8, 4) is 0 Å². The Bertz CT molecular complexity index is 975. The summed E-state index contributed by atoms with van der Waals surface area (Å²) in [5, 5.41) is 10.3. The van der Waals surface area contributed by atoms with Gasteiger partial charge in [-0.05, 0) is 62.9 Å². The summed E-state index contributed by atoms with van der Waals surface area (Å²) >= 11 is 0. The van der Waals surface area contributed by atoms with Crippen LogP contribution < -0.4 is 4.90 Å². The summed E-state index contributed by atoms with van der Waals surface area (Å²) in [6.07, 6.45) is 4.91. The van der Waals surface area contributed by atoms with E-state index in [4.69, 9.17) is 9.47 Å². The van der Waals surface area contributed by atoms with Gasteiger partial charge >= 0.3 is 0 Å². The molecule has 2 aliphatic heterocycles. The van der Waals surface area contributed by atoms with E-state index in [0.717, 1.165) is 24.0 Å². The number of hydrogen-bond donors (Lipinski definition) is 1. The van der Waals surface area contributed by atoms with Gasteiger partial charge in [-0.15, -0.1) is 0 Å². The Balaban J connectivity index is 0.00000324. The minimum Gasteiger partial charge on any atom is -0.386 e. The van der Waals surface area contributed by atoms with Crippen molar-refractivity contribution in [2.45, 2.75) is 50.9 Å². The fourth-order valence-corrected chi connectivity index (χ4v) is 5.02. The molecule has 2 aromatic rings. The number of benzene rings is 1. The summed E-state index contributed by atoms with van der Waals surface area (Å²) in [6, 6.07) is 7.35. The van der Waals surface area contributed by atoms with Gasteiger partial charge in [-0.25, -0.2) is 9.97 Å². The molecule has 2 aliphatic rings. The summed E-state index contributed by atoms with van der Waals surface area (Å²) in [4.78, 5) is 26.1. The lowest BCUT2D eigenvalue weighted by Crippen LogP contribution is -2.61. The van der Waals surface area contributed by atoms with Crippen LogP contribution in [0.1, 0.15) is 49.6 Å². The van der Waals surface area contributed by atoms with Crippen molar-refractivity contribution < 1.29 is 20.8 Å². The molecular weight excluding hydrogens is 420 g/mol. The number of nitrogens with zero attached hydrogens (tertiary/aromatic N) is 4. The first-order valence-electron chi connectivity index (χ1n) is 11.5. The SMILES string of the molecule is COCC1CN(c2ncccn2)CC2(CCN(C(=O)c3ccc(C(C)(C)O)c(C)c3)CC2)O1.[HH]. The van der Waals surface area contributed by atoms with E-state index in [1.807, 2.05) is 36.1 Å². The number of piperidine rings is 1. The van der Waals surface area contributed by atoms with Gasteiger partial charge in [0.1, 0.15) is 0 Å². The molecule has 0 radical (unpaired) electrons. The molecule has 2 fully saturated rings. The standard InChI is InChI=1S/C25H34N4O4.H2/c1-18-14-19(6-7-21(18)24(2,3)31)22(30)28-12-8-25(9-13-28)17-29(15-20(33-25)16-32-4)23-26-10-5-11-27-23;/h5-7,10-11,14,20,31H,8-9,12-13,15-17H2,1-4H3;1H. The highest BCUT2D eigenvalue weighted by Gasteiger charge is 2.44. The molecule has 1 N–H and O–H groups in total. The Hall–Kier alpha value is -2.55. The first kappa shape index (κ1) is 23.6. The van der Waals surface area contributed by atoms with E-state index in [9.17, 15) is 9.90 Å². The van der Waals surface area contributed by atoms with Crippen molar-refractivity contribution >= 4 is 11.9 Å². The molecule has 2 saturated heterocycles. The lowest BCUT2D eigenvalue weighted by molar-refractivity contribution is -0.145. The van der Waals surface area contributed by atoms with Crippen LogP contribution in [0, 0.1) is 6.92 Å². The molecule has 4 rings (SSSR count). The van der Waals surface area contributed by atoms with E-state index in [2.05, 4.69) is 14.9 Å². The van der Waals surface area contributed by atoms with Crippen LogP contribution in [0.5, 0.6) is 0 Å². The van der Waals surface area contributed by atoms with E-state index >= 15 is 0 Å². The van der Waals surface area contributed by atoms with Gasteiger partial charge in [-0.2, -0.15) is 0 Å². The van der Waals surface area contributed by atoms with E-state index < -0.39 is 5.60 Å². The number of aromatic nitrogens is 2. The second-order valence-corrected chi connectivity index (χ2v) is 9.69. The van der Waals surface area contributed by atoms with Crippen LogP contribution in [-0.4, -0.2) is 77.5 Å². The Morgan fingerprint density at radius 2 is 2.00 bits per heavy atom. The number of aryl methyl sites for hydroxylation is 1. The Morgan fingerprint density at radius 1 is 1.30 bits per heavy atom. The average molecular weight is 457 g/mol. The molecule has 0 bridgehead atoms. The highest BCUT2D eigenvalue weighted by Crippen LogP contribution is 2.34. The van der Waals surface area contributed by atoms with E-state index in [1.54, 1.807) is 33.4 Å². The molecule has 3 heterocycles. The number of hydrogen-bond acceptors (Lipinski definition) is 7. The van der Waals surface area contributed by atoms with Crippen molar-refractivity contribution in [2.75, 3.05) is 44.8 Å². The second-order valence-electron chi connectivity index (χ2n) is 9.69. The number of carbonyl (C=O) groups is 1. The van der Waals surface area contributed by atoms with Gasteiger partial charge in [-0.3, -0.25) is 4.79 Å². The lowest BCUT2D eigenvalue weighted by Gasteiger charge is -2.49. The molecule has 33 heavy (non-hydrogen) atoms. The van der Waals surface area contributed by atoms with E-state index in [-0.39, 0.29) is 19.0 Å². The zero-order valence-corrected chi connectivity index (χ0v) is 20.0. The van der Waals surface area contributed by atoms with Gasteiger partial charge in [0.05, 0.1) is 30.5 Å². The molecular formula is C25H36N4O4. The van der Waals surface area contributed by atoms with Gasteiger partial charge in [0.15, 0.2) is 0 Å². The predicted octanol–water partition coefficient (Wildman–Crippen LogP) is 2.79. The molecule has 1 aromatic carbocycles. The van der Waals surface area contributed by atoms with Gasteiger partial charge < -0.3 is 24.4 Å². The monoisotopic (exact) mass is 456 g/mol. The fraction of sp³-hybridized carbons (Fsp3) is 0.560.